The molecule has 1 atom stereocenters. The molecule has 1 saturated heterocycles. The number of alkyl halides is 3. The van der Waals surface area contributed by atoms with Gasteiger partial charge in [-0.3, -0.25) is 4.79 Å². The average molecular weight is 379 g/mol. The smallest absolute Gasteiger partial charge is 0.389 e. The van der Waals surface area contributed by atoms with Crippen molar-refractivity contribution < 1.29 is 31.8 Å². The lowest BCUT2D eigenvalue weighted by atomic mass is 10.2. The van der Waals surface area contributed by atoms with Crippen LogP contribution in [0.4, 0.5) is 17.6 Å². The highest BCUT2D eigenvalue weighted by atomic mass is 19.4. The monoisotopic (exact) mass is 379 g/mol. The zero-order chi connectivity index (χ0) is 19.2. The van der Waals surface area contributed by atoms with E-state index in [4.69, 9.17) is 9.47 Å². The third-order valence-corrected chi connectivity index (χ3v) is 3.85. The number of nitrogens with zero attached hydrogens (tertiary/aromatic N) is 1. The Morgan fingerprint density at radius 3 is 2.81 bits per heavy atom. The third kappa shape index (κ3) is 6.01. The number of carbonyl (C=O) groups is 1. The molecule has 1 aliphatic heterocycles. The molecule has 1 aromatic rings. The van der Waals surface area contributed by atoms with Crippen molar-refractivity contribution in [3.05, 3.63) is 17.4 Å². The summed E-state index contributed by atoms with van der Waals surface area (Å²) in [5.74, 6) is -1.42. The molecule has 1 fully saturated rings. The predicted octanol–water partition coefficient (Wildman–Crippen LogP) is 2.32. The van der Waals surface area contributed by atoms with E-state index >= 15 is 0 Å². The van der Waals surface area contributed by atoms with Crippen LogP contribution in [0.25, 0.3) is 0 Å². The Morgan fingerprint density at radius 2 is 2.19 bits per heavy atom. The molecule has 0 aliphatic carbocycles. The summed E-state index contributed by atoms with van der Waals surface area (Å²) in [6.07, 6.45) is -3.97. The normalized spacial score (nSPS) is 17.2. The van der Waals surface area contributed by atoms with Crippen LogP contribution in [0, 0.1) is 5.82 Å². The van der Waals surface area contributed by atoms with Gasteiger partial charge in [0.1, 0.15) is 0 Å². The Balaban J connectivity index is 1.93. The zero-order valence-corrected chi connectivity index (χ0v) is 14.3. The van der Waals surface area contributed by atoms with Crippen LogP contribution in [0.2, 0.25) is 0 Å². The molecular formula is C16H21F4N3O3. The largest absolute Gasteiger partial charge is 0.481 e. The third-order valence-electron chi connectivity index (χ3n) is 3.85. The molecule has 2 heterocycles. The molecule has 146 valence electrons. The van der Waals surface area contributed by atoms with E-state index < -0.39 is 24.3 Å². The van der Waals surface area contributed by atoms with Crippen molar-refractivity contribution in [2.45, 2.75) is 44.4 Å². The van der Waals surface area contributed by atoms with Gasteiger partial charge in [-0.2, -0.15) is 18.2 Å². The van der Waals surface area contributed by atoms with E-state index in [1.165, 1.54) is 7.11 Å². The number of ether oxygens (including phenoxy) is 2. The molecule has 1 aliphatic rings. The van der Waals surface area contributed by atoms with Crippen LogP contribution in [0.15, 0.2) is 6.07 Å². The van der Waals surface area contributed by atoms with Gasteiger partial charge in [-0.1, -0.05) is 0 Å². The first-order valence-electron chi connectivity index (χ1n) is 8.24. The maximum atomic E-state index is 14.1. The molecule has 0 bridgehead atoms. The molecule has 2 N–H and O–H groups in total. The number of aromatic nitrogens is 1. The van der Waals surface area contributed by atoms with Crippen molar-refractivity contribution in [1.29, 1.82) is 0 Å². The summed E-state index contributed by atoms with van der Waals surface area (Å²) in [7, 11) is 1.32. The highest BCUT2D eigenvalue weighted by Crippen LogP contribution is 2.25. The predicted molar refractivity (Wildman–Crippen MR) is 84.4 cm³/mol. The first kappa shape index (κ1) is 20.2. The minimum Gasteiger partial charge on any atom is -0.481 e. The second-order valence-electron chi connectivity index (χ2n) is 5.88. The minimum absolute atomic E-state index is 0.0124. The number of amides is 1. The quantitative estimate of drug-likeness (QED) is 0.536. The molecule has 0 radical (unpaired) electrons. The van der Waals surface area contributed by atoms with Gasteiger partial charge in [-0.15, -0.1) is 0 Å². The van der Waals surface area contributed by atoms with Crippen molar-refractivity contribution >= 4 is 5.91 Å². The second kappa shape index (κ2) is 9.02. The van der Waals surface area contributed by atoms with E-state index in [2.05, 4.69) is 15.6 Å². The molecule has 0 spiro atoms. The Labute approximate surface area is 148 Å². The highest BCUT2D eigenvalue weighted by molar-refractivity contribution is 5.82. The van der Waals surface area contributed by atoms with Crippen LogP contribution in [0.1, 0.15) is 31.2 Å². The fourth-order valence-corrected chi connectivity index (χ4v) is 2.55. The Bertz CT molecular complexity index is 619. The number of rotatable bonds is 8. The van der Waals surface area contributed by atoms with Crippen molar-refractivity contribution in [2.24, 2.45) is 0 Å². The van der Waals surface area contributed by atoms with Gasteiger partial charge in [-0.25, -0.2) is 4.39 Å². The van der Waals surface area contributed by atoms with Crippen molar-refractivity contribution in [1.82, 2.24) is 15.6 Å². The lowest BCUT2D eigenvalue weighted by Crippen LogP contribution is -2.40. The molecule has 1 amide bonds. The first-order chi connectivity index (χ1) is 12.3. The van der Waals surface area contributed by atoms with Crippen LogP contribution >= 0.6 is 0 Å². The van der Waals surface area contributed by atoms with Crippen molar-refractivity contribution in [3.63, 3.8) is 0 Å². The fourth-order valence-electron chi connectivity index (χ4n) is 2.55. The summed E-state index contributed by atoms with van der Waals surface area (Å²) < 4.78 is 60.4. The molecule has 26 heavy (non-hydrogen) atoms. The highest BCUT2D eigenvalue weighted by Gasteiger charge is 2.26. The standard InChI is InChI=1S/C16H21F4N3O3/c1-25-14-10(9-22-13(24)12-4-2-6-21-12)8-11(17)15(23-14)26-7-3-5-16(18,19)20/h8,12,21H,2-7,9H2,1H3,(H,22,24)/t12-/m0/s1. The van der Waals surface area contributed by atoms with E-state index in [0.717, 1.165) is 25.5 Å². The van der Waals surface area contributed by atoms with E-state index in [9.17, 15) is 22.4 Å². The van der Waals surface area contributed by atoms with E-state index in [0.29, 0.717) is 5.56 Å². The lowest BCUT2D eigenvalue weighted by molar-refractivity contribution is -0.136. The Kier molecular flexibility index (Phi) is 7.01. The summed E-state index contributed by atoms with van der Waals surface area (Å²) in [6.45, 7) is 0.465. The van der Waals surface area contributed by atoms with Gasteiger partial charge in [0, 0.05) is 18.5 Å². The summed E-state index contributed by atoms with van der Waals surface area (Å²) >= 11 is 0. The van der Waals surface area contributed by atoms with Gasteiger partial charge in [-0.05, 0) is 31.9 Å². The van der Waals surface area contributed by atoms with E-state index in [1.54, 1.807) is 0 Å². The van der Waals surface area contributed by atoms with E-state index in [1.807, 2.05) is 0 Å². The van der Waals surface area contributed by atoms with Gasteiger partial charge in [0.15, 0.2) is 5.82 Å². The second-order valence-corrected chi connectivity index (χ2v) is 5.88. The molecular weight excluding hydrogens is 358 g/mol. The molecule has 0 unspecified atom stereocenters. The number of nitrogens with one attached hydrogen (secondary N) is 2. The Hall–Kier alpha value is -2.10. The maximum Gasteiger partial charge on any atom is 0.389 e. The van der Waals surface area contributed by atoms with Crippen LogP contribution in [-0.4, -0.2) is 43.4 Å². The molecule has 10 heteroatoms. The molecule has 1 aromatic heterocycles. The van der Waals surface area contributed by atoms with E-state index in [-0.39, 0.29) is 37.4 Å². The zero-order valence-electron chi connectivity index (χ0n) is 14.3. The topological polar surface area (TPSA) is 72.5 Å². The van der Waals surface area contributed by atoms with Gasteiger partial charge in [0.25, 0.3) is 5.88 Å². The summed E-state index contributed by atoms with van der Waals surface area (Å²) in [4.78, 5) is 15.8. The van der Waals surface area contributed by atoms with Gasteiger partial charge < -0.3 is 20.1 Å². The fraction of sp³-hybridized carbons (Fsp3) is 0.625. The number of halogens is 4. The molecule has 2 rings (SSSR count). The molecule has 6 nitrogen and oxygen atoms in total. The summed E-state index contributed by atoms with van der Waals surface area (Å²) in [5, 5.41) is 5.73. The maximum absolute atomic E-state index is 14.1. The van der Waals surface area contributed by atoms with Gasteiger partial charge in [0.2, 0.25) is 11.8 Å². The van der Waals surface area contributed by atoms with Gasteiger partial charge >= 0.3 is 6.18 Å². The first-order valence-corrected chi connectivity index (χ1v) is 8.24. The van der Waals surface area contributed by atoms with Crippen molar-refractivity contribution in [3.8, 4) is 11.8 Å². The van der Waals surface area contributed by atoms with Crippen LogP contribution in [-0.2, 0) is 11.3 Å². The van der Waals surface area contributed by atoms with Crippen LogP contribution in [0.5, 0.6) is 11.8 Å². The lowest BCUT2D eigenvalue weighted by Gasteiger charge is -2.14. The number of pyridine rings is 1. The summed E-state index contributed by atoms with van der Waals surface area (Å²) in [5.41, 5.74) is 0.305. The van der Waals surface area contributed by atoms with Crippen molar-refractivity contribution in [2.75, 3.05) is 20.3 Å². The molecule has 0 saturated carbocycles. The SMILES string of the molecule is COc1nc(OCCCC(F)(F)F)c(F)cc1CNC(=O)[C@@H]1CCCN1. The summed E-state index contributed by atoms with van der Waals surface area (Å²) in [6, 6.07) is 0.822. The Morgan fingerprint density at radius 1 is 1.42 bits per heavy atom. The average Bonchev–Trinajstić information content (AvgIpc) is 3.11. The number of hydrogen-bond donors (Lipinski definition) is 2. The van der Waals surface area contributed by atoms with Crippen LogP contribution in [0.3, 0.4) is 0 Å². The number of methoxy groups -OCH3 is 1. The molecule has 0 aromatic carbocycles. The minimum atomic E-state index is -4.29. The number of carbonyl (C=O) groups excluding carboxylic acids is 1. The number of hydrogen-bond acceptors (Lipinski definition) is 5. The van der Waals surface area contributed by atoms with Crippen LogP contribution < -0.4 is 20.1 Å². The van der Waals surface area contributed by atoms with Gasteiger partial charge in [0.05, 0.1) is 19.8 Å².